The number of amides is 2. The predicted octanol–water partition coefficient (Wildman–Crippen LogP) is 4.82. The molecular formula is C19H19N3O3S. The second-order valence-electron chi connectivity index (χ2n) is 5.57. The SMILES string of the molecule is CCC(=O)Oc1ccc2nc(NC(=O)Nc3ccccc3CC)sc2c1. The zero-order valence-corrected chi connectivity index (χ0v) is 15.4. The zero-order chi connectivity index (χ0) is 18.5. The molecule has 0 saturated carbocycles. The highest BCUT2D eigenvalue weighted by atomic mass is 32.1. The molecule has 3 rings (SSSR count). The van der Waals surface area contributed by atoms with E-state index in [1.807, 2.05) is 31.2 Å². The van der Waals surface area contributed by atoms with Gasteiger partial charge >= 0.3 is 12.0 Å². The third-order valence-electron chi connectivity index (χ3n) is 3.75. The molecule has 0 bridgehead atoms. The summed E-state index contributed by atoms with van der Waals surface area (Å²) >= 11 is 1.32. The van der Waals surface area contributed by atoms with Crippen LogP contribution in [0.1, 0.15) is 25.8 Å². The second-order valence-corrected chi connectivity index (χ2v) is 6.60. The summed E-state index contributed by atoms with van der Waals surface area (Å²) in [6.45, 7) is 3.78. The average molecular weight is 369 g/mol. The van der Waals surface area contributed by atoms with Gasteiger partial charge in [0.2, 0.25) is 0 Å². The van der Waals surface area contributed by atoms with Gasteiger partial charge in [0.05, 0.1) is 10.2 Å². The number of benzene rings is 2. The molecule has 2 aromatic carbocycles. The zero-order valence-electron chi connectivity index (χ0n) is 14.5. The van der Waals surface area contributed by atoms with Gasteiger partial charge in [-0.1, -0.05) is 43.4 Å². The molecule has 1 aromatic heterocycles. The Hall–Kier alpha value is -2.93. The molecule has 0 unspecified atom stereocenters. The molecular weight excluding hydrogens is 350 g/mol. The van der Waals surface area contributed by atoms with Gasteiger partial charge in [-0.15, -0.1) is 0 Å². The highest BCUT2D eigenvalue weighted by Crippen LogP contribution is 2.29. The number of urea groups is 1. The minimum absolute atomic E-state index is 0.291. The maximum atomic E-state index is 12.3. The number of aryl methyl sites for hydroxylation is 1. The predicted molar refractivity (Wildman–Crippen MR) is 104 cm³/mol. The van der Waals surface area contributed by atoms with Crippen molar-refractivity contribution in [1.82, 2.24) is 4.98 Å². The van der Waals surface area contributed by atoms with Gasteiger partial charge in [-0.05, 0) is 30.2 Å². The molecule has 26 heavy (non-hydrogen) atoms. The molecule has 0 saturated heterocycles. The Balaban J connectivity index is 1.72. The fraction of sp³-hybridized carbons (Fsp3) is 0.211. The number of carbonyl (C=O) groups excluding carboxylic acids is 2. The van der Waals surface area contributed by atoms with Crippen molar-refractivity contribution in [1.29, 1.82) is 0 Å². The first-order chi connectivity index (χ1) is 12.6. The van der Waals surface area contributed by atoms with Crippen molar-refractivity contribution in [2.24, 2.45) is 0 Å². The summed E-state index contributed by atoms with van der Waals surface area (Å²) in [7, 11) is 0. The number of thiazole rings is 1. The number of hydrogen-bond donors (Lipinski definition) is 2. The first kappa shape index (κ1) is 17.9. The maximum absolute atomic E-state index is 12.3. The highest BCUT2D eigenvalue weighted by Gasteiger charge is 2.11. The summed E-state index contributed by atoms with van der Waals surface area (Å²) in [5.74, 6) is 0.182. The van der Waals surface area contributed by atoms with Crippen LogP contribution in [0.3, 0.4) is 0 Å². The van der Waals surface area contributed by atoms with Crippen molar-refractivity contribution in [2.75, 3.05) is 10.6 Å². The molecule has 0 atom stereocenters. The van der Waals surface area contributed by atoms with E-state index in [0.717, 1.165) is 27.9 Å². The van der Waals surface area contributed by atoms with Crippen LogP contribution in [0.2, 0.25) is 0 Å². The molecule has 2 N–H and O–H groups in total. The molecule has 0 spiro atoms. The van der Waals surface area contributed by atoms with Crippen LogP contribution in [0.5, 0.6) is 5.75 Å². The number of ether oxygens (including phenoxy) is 1. The minimum Gasteiger partial charge on any atom is -0.426 e. The van der Waals surface area contributed by atoms with Crippen LogP contribution in [-0.2, 0) is 11.2 Å². The van der Waals surface area contributed by atoms with Gasteiger partial charge in [0.15, 0.2) is 5.13 Å². The number of fused-ring (bicyclic) bond motifs is 1. The summed E-state index contributed by atoms with van der Waals surface area (Å²) in [5, 5.41) is 6.08. The van der Waals surface area contributed by atoms with Crippen LogP contribution in [0.15, 0.2) is 42.5 Å². The number of aromatic nitrogens is 1. The number of esters is 1. The molecule has 0 radical (unpaired) electrons. The topological polar surface area (TPSA) is 80.3 Å². The van der Waals surface area contributed by atoms with Crippen LogP contribution in [0.4, 0.5) is 15.6 Å². The molecule has 1 heterocycles. The molecule has 7 heteroatoms. The van der Waals surface area contributed by atoms with E-state index in [1.165, 1.54) is 11.3 Å². The van der Waals surface area contributed by atoms with Crippen LogP contribution < -0.4 is 15.4 Å². The maximum Gasteiger partial charge on any atom is 0.325 e. The lowest BCUT2D eigenvalue weighted by Crippen LogP contribution is -2.20. The Kier molecular flexibility index (Phi) is 5.48. The Labute approximate surface area is 155 Å². The Morgan fingerprint density at radius 2 is 1.92 bits per heavy atom. The first-order valence-corrected chi connectivity index (χ1v) is 9.18. The van der Waals surface area contributed by atoms with Gasteiger partial charge in [0, 0.05) is 18.2 Å². The average Bonchev–Trinajstić information content (AvgIpc) is 3.03. The Bertz CT molecular complexity index is 952. The standard InChI is InChI=1S/C19H19N3O3S/c1-3-12-7-5-6-8-14(12)20-18(24)22-19-21-15-10-9-13(11-16(15)26-19)25-17(23)4-2/h5-11H,3-4H2,1-2H3,(H2,20,21,22,24). The van der Waals surface area contributed by atoms with Crippen molar-refractivity contribution < 1.29 is 14.3 Å². The number of nitrogens with zero attached hydrogens (tertiary/aromatic N) is 1. The molecule has 0 aliphatic rings. The van der Waals surface area contributed by atoms with E-state index in [4.69, 9.17) is 4.74 Å². The van der Waals surface area contributed by atoms with Crippen molar-refractivity contribution >= 4 is 44.4 Å². The number of rotatable bonds is 5. The highest BCUT2D eigenvalue weighted by molar-refractivity contribution is 7.22. The van der Waals surface area contributed by atoms with Gasteiger partial charge in [-0.2, -0.15) is 0 Å². The van der Waals surface area contributed by atoms with E-state index < -0.39 is 0 Å². The van der Waals surface area contributed by atoms with Gasteiger partial charge in [0.25, 0.3) is 0 Å². The molecule has 3 aromatic rings. The number of carbonyl (C=O) groups is 2. The molecule has 0 aliphatic heterocycles. The van der Waals surface area contributed by atoms with Gasteiger partial charge in [-0.3, -0.25) is 10.1 Å². The van der Waals surface area contributed by atoms with Crippen LogP contribution in [-0.4, -0.2) is 17.0 Å². The van der Waals surface area contributed by atoms with Crippen molar-refractivity contribution in [3.05, 3.63) is 48.0 Å². The number of anilines is 2. The lowest BCUT2D eigenvalue weighted by Gasteiger charge is -2.09. The third kappa shape index (κ3) is 4.18. The lowest BCUT2D eigenvalue weighted by atomic mass is 10.1. The van der Waals surface area contributed by atoms with E-state index in [-0.39, 0.29) is 12.0 Å². The largest absolute Gasteiger partial charge is 0.426 e. The van der Waals surface area contributed by atoms with Crippen LogP contribution >= 0.6 is 11.3 Å². The van der Waals surface area contributed by atoms with Crippen molar-refractivity contribution in [3.63, 3.8) is 0 Å². The normalized spacial score (nSPS) is 10.5. The summed E-state index contributed by atoms with van der Waals surface area (Å²) in [4.78, 5) is 28.0. The number of nitrogens with one attached hydrogen (secondary N) is 2. The quantitative estimate of drug-likeness (QED) is 0.499. The molecule has 6 nitrogen and oxygen atoms in total. The first-order valence-electron chi connectivity index (χ1n) is 8.36. The fourth-order valence-corrected chi connectivity index (χ4v) is 3.32. The van der Waals surface area contributed by atoms with E-state index >= 15 is 0 Å². The smallest absolute Gasteiger partial charge is 0.325 e. The monoisotopic (exact) mass is 369 g/mol. The fourth-order valence-electron chi connectivity index (χ4n) is 2.43. The molecule has 0 fully saturated rings. The Morgan fingerprint density at radius 3 is 2.69 bits per heavy atom. The number of hydrogen-bond acceptors (Lipinski definition) is 5. The van der Waals surface area contributed by atoms with Crippen molar-refractivity contribution in [2.45, 2.75) is 26.7 Å². The van der Waals surface area contributed by atoms with Gasteiger partial charge < -0.3 is 10.1 Å². The van der Waals surface area contributed by atoms with E-state index in [1.54, 1.807) is 25.1 Å². The molecule has 0 aliphatic carbocycles. The third-order valence-corrected chi connectivity index (χ3v) is 4.68. The van der Waals surface area contributed by atoms with Gasteiger partial charge in [0.1, 0.15) is 5.75 Å². The minimum atomic E-state index is -0.345. The van der Waals surface area contributed by atoms with E-state index in [2.05, 4.69) is 15.6 Å². The van der Waals surface area contributed by atoms with Crippen LogP contribution in [0.25, 0.3) is 10.2 Å². The molecule has 134 valence electrons. The summed E-state index contributed by atoms with van der Waals surface area (Å²) < 4.78 is 6.04. The lowest BCUT2D eigenvalue weighted by molar-refractivity contribution is -0.134. The molecule has 2 amide bonds. The van der Waals surface area contributed by atoms with Gasteiger partial charge in [-0.25, -0.2) is 9.78 Å². The summed E-state index contributed by atoms with van der Waals surface area (Å²) in [6, 6.07) is 12.5. The van der Waals surface area contributed by atoms with E-state index in [9.17, 15) is 9.59 Å². The summed E-state index contributed by atoms with van der Waals surface area (Å²) in [5.41, 5.74) is 2.58. The van der Waals surface area contributed by atoms with E-state index in [0.29, 0.717) is 17.3 Å². The second kappa shape index (κ2) is 7.97. The Morgan fingerprint density at radius 1 is 1.12 bits per heavy atom. The summed E-state index contributed by atoms with van der Waals surface area (Å²) in [6.07, 6.45) is 1.14. The van der Waals surface area contributed by atoms with Crippen molar-refractivity contribution in [3.8, 4) is 5.75 Å². The number of para-hydroxylation sites is 1. The van der Waals surface area contributed by atoms with Crippen LogP contribution in [0, 0.1) is 0 Å².